The zero-order chi connectivity index (χ0) is 23.0. The van der Waals surface area contributed by atoms with Crippen LogP contribution in [0.3, 0.4) is 0 Å². The number of hydrogen-bond donors (Lipinski definition) is 2. The second kappa shape index (κ2) is 8.64. The first-order chi connectivity index (χ1) is 15.3. The Morgan fingerprint density at radius 1 is 1.22 bits per heavy atom. The van der Waals surface area contributed by atoms with E-state index in [0.717, 1.165) is 32.4 Å². The fraction of sp³-hybridized carbons (Fsp3) is 0.227. The molecule has 4 aromatic rings. The predicted octanol–water partition coefficient (Wildman–Crippen LogP) is 4.04. The van der Waals surface area contributed by atoms with Crippen LogP contribution in [0.5, 0.6) is 11.5 Å². The number of aromatic nitrogens is 2. The summed E-state index contributed by atoms with van der Waals surface area (Å²) in [7, 11) is 3.21. The molecule has 8 nitrogen and oxygen atoms in total. The Morgan fingerprint density at radius 3 is 2.69 bits per heavy atom. The lowest BCUT2D eigenvalue weighted by Gasteiger charge is -2.08. The summed E-state index contributed by atoms with van der Waals surface area (Å²) >= 11 is 2.79. The largest absolute Gasteiger partial charge is 0.497 e. The number of rotatable bonds is 7. The number of hydrogen-bond acceptors (Lipinski definition) is 7. The number of thiophene rings is 1. The highest BCUT2D eigenvalue weighted by Gasteiger charge is 2.20. The van der Waals surface area contributed by atoms with Gasteiger partial charge in [-0.25, -0.2) is 4.98 Å². The van der Waals surface area contributed by atoms with E-state index in [-0.39, 0.29) is 12.3 Å². The van der Waals surface area contributed by atoms with Gasteiger partial charge in [0.05, 0.1) is 31.9 Å². The molecule has 0 fully saturated rings. The first-order valence-electron chi connectivity index (χ1n) is 9.69. The summed E-state index contributed by atoms with van der Waals surface area (Å²) in [6.07, 6.45) is 2.00. The van der Waals surface area contributed by atoms with Gasteiger partial charge in [-0.1, -0.05) is 0 Å². The SMILES string of the molecule is COc1ccc(OC)c(-c2cn3c(CC(=O)Nc4sc(C)c(C)c4C(N)=O)csc3n2)c1. The molecule has 3 N–H and O–H groups in total. The lowest BCUT2D eigenvalue weighted by Crippen LogP contribution is -2.19. The molecular formula is C22H22N4O4S2. The zero-order valence-electron chi connectivity index (χ0n) is 18.0. The Bertz CT molecular complexity index is 1340. The number of ether oxygens (including phenoxy) is 2. The fourth-order valence-corrected chi connectivity index (χ4v) is 5.40. The Labute approximate surface area is 192 Å². The van der Waals surface area contributed by atoms with Crippen LogP contribution in [0, 0.1) is 13.8 Å². The van der Waals surface area contributed by atoms with Crippen LogP contribution in [0.15, 0.2) is 29.8 Å². The van der Waals surface area contributed by atoms with E-state index in [4.69, 9.17) is 15.2 Å². The number of aryl methyl sites for hydroxylation is 1. The van der Waals surface area contributed by atoms with Gasteiger partial charge in [-0.2, -0.15) is 0 Å². The van der Waals surface area contributed by atoms with Crippen LogP contribution >= 0.6 is 22.7 Å². The maximum atomic E-state index is 12.8. The summed E-state index contributed by atoms with van der Waals surface area (Å²) in [5.41, 5.74) is 8.97. The van der Waals surface area contributed by atoms with Crippen LogP contribution in [0.2, 0.25) is 0 Å². The number of benzene rings is 1. The second-order valence-corrected chi connectivity index (χ2v) is 9.21. The monoisotopic (exact) mass is 470 g/mol. The topological polar surface area (TPSA) is 108 Å². The van der Waals surface area contributed by atoms with Crippen molar-refractivity contribution in [2.24, 2.45) is 5.73 Å². The van der Waals surface area contributed by atoms with Crippen molar-refractivity contribution in [3.63, 3.8) is 0 Å². The quantitative estimate of drug-likeness (QED) is 0.424. The molecule has 32 heavy (non-hydrogen) atoms. The minimum atomic E-state index is -0.549. The van der Waals surface area contributed by atoms with Crippen LogP contribution in [0.1, 0.15) is 26.5 Å². The average molecular weight is 471 g/mol. The molecule has 0 radical (unpaired) electrons. The van der Waals surface area contributed by atoms with E-state index < -0.39 is 5.91 Å². The van der Waals surface area contributed by atoms with Crippen molar-refractivity contribution in [1.29, 1.82) is 0 Å². The van der Waals surface area contributed by atoms with Crippen molar-refractivity contribution in [2.75, 3.05) is 19.5 Å². The van der Waals surface area contributed by atoms with E-state index in [2.05, 4.69) is 10.3 Å². The van der Waals surface area contributed by atoms with Crippen molar-refractivity contribution in [3.8, 4) is 22.8 Å². The van der Waals surface area contributed by atoms with Crippen LogP contribution in [0.4, 0.5) is 5.00 Å². The number of thiazole rings is 1. The van der Waals surface area contributed by atoms with Gasteiger partial charge in [-0.05, 0) is 37.6 Å². The minimum absolute atomic E-state index is 0.124. The molecule has 0 unspecified atom stereocenters. The molecule has 0 saturated heterocycles. The number of nitrogens with zero attached hydrogens (tertiary/aromatic N) is 2. The number of nitrogens with two attached hydrogens (primary N) is 1. The molecule has 3 heterocycles. The summed E-state index contributed by atoms with van der Waals surface area (Å²) in [5, 5.41) is 5.22. The van der Waals surface area contributed by atoms with Crippen molar-refractivity contribution in [3.05, 3.63) is 51.5 Å². The Kier molecular flexibility index (Phi) is 5.90. The molecule has 1 aromatic carbocycles. The molecule has 0 bridgehead atoms. The van der Waals surface area contributed by atoms with E-state index >= 15 is 0 Å². The number of nitrogens with one attached hydrogen (secondary N) is 1. The molecule has 0 atom stereocenters. The van der Waals surface area contributed by atoms with E-state index in [1.807, 2.05) is 48.0 Å². The van der Waals surface area contributed by atoms with E-state index in [9.17, 15) is 9.59 Å². The third-order valence-electron chi connectivity index (χ3n) is 5.19. The van der Waals surface area contributed by atoms with Crippen LogP contribution in [0.25, 0.3) is 16.2 Å². The van der Waals surface area contributed by atoms with Gasteiger partial charge in [-0.3, -0.25) is 14.0 Å². The molecule has 0 spiro atoms. The van der Waals surface area contributed by atoms with Gasteiger partial charge >= 0.3 is 0 Å². The predicted molar refractivity (Wildman–Crippen MR) is 126 cm³/mol. The van der Waals surface area contributed by atoms with E-state index in [1.165, 1.54) is 22.7 Å². The summed E-state index contributed by atoms with van der Waals surface area (Å²) in [6, 6.07) is 5.52. The third kappa shape index (κ3) is 3.94. The highest BCUT2D eigenvalue weighted by atomic mass is 32.1. The molecule has 4 rings (SSSR count). The average Bonchev–Trinajstić information content (AvgIpc) is 3.42. The Morgan fingerprint density at radius 2 is 2.00 bits per heavy atom. The molecule has 0 aliphatic carbocycles. The number of carbonyl (C=O) groups excluding carboxylic acids is 2. The van der Waals surface area contributed by atoms with Gasteiger partial charge in [0.2, 0.25) is 5.91 Å². The number of fused-ring (bicyclic) bond motifs is 1. The van der Waals surface area contributed by atoms with E-state index in [0.29, 0.717) is 22.1 Å². The first-order valence-corrected chi connectivity index (χ1v) is 11.4. The summed E-state index contributed by atoms with van der Waals surface area (Å²) in [6.45, 7) is 3.72. The number of methoxy groups -OCH3 is 2. The maximum Gasteiger partial charge on any atom is 0.251 e. The van der Waals surface area contributed by atoms with Gasteiger partial charge in [0, 0.05) is 27.7 Å². The smallest absolute Gasteiger partial charge is 0.251 e. The lowest BCUT2D eigenvalue weighted by molar-refractivity contribution is -0.115. The van der Waals surface area contributed by atoms with Gasteiger partial charge < -0.3 is 20.5 Å². The molecule has 0 saturated carbocycles. The highest BCUT2D eigenvalue weighted by molar-refractivity contribution is 7.17. The molecule has 166 valence electrons. The van der Waals surface area contributed by atoms with Crippen molar-refractivity contribution in [1.82, 2.24) is 9.38 Å². The number of primary amides is 1. The first kappa shape index (κ1) is 21.8. The summed E-state index contributed by atoms with van der Waals surface area (Å²) < 4.78 is 12.7. The third-order valence-corrected chi connectivity index (χ3v) is 7.20. The zero-order valence-corrected chi connectivity index (χ0v) is 19.6. The molecule has 10 heteroatoms. The molecule has 2 amide bonds. The van der Waals surface area contributed by atoms with Gasteiger partial charge in [0.15, 0.2) is 4.96 Å². The number of anilines is 1. The van der Waals surface area contributed by atoms with Crippen molar-refractivity contribution >= 4 is 44.4 Å². The molecule has 0 aliphatic heterocycles. The number of carbonyl (C=O) groups is 2. The highest BCUT2D eigenvalue weighted by Crippen LogP contribution is 2.35. The van der Waals surface area contributed by atoms with Crippen LogP contribution < -0.4 is 20.5 Å². The van der Waals surface area contributed by atoms with Crippen LogP contribution in [-0.4, -0.2) is 35.4 Å². The maximum absolute atomic E-state index is 12.8. The number of amides is 2. The van der Waals surface area contributed by atoms with Crippen LogP contribution in [-0.2, 0) is 11.2 Å². The number of imidazole rings is 1. The molecule has 0 aliphatic rings. The second-order valence-electron chi connectivity index (χ2n) is 7.15. The Balaban J connectivity index is 1.61. The molecule has 3 aromatic heterocycles. The van der Waals surface area contributed by atoms with E-state index in [1.54, 1.807) is 14.2 Å². The van der Waals surface area contributed by atoms with Crippen molar-refractivity contribution in [2.45, 2.75) is 20.3 Å². The molecular weight excluding hydrogens is 448 g/mol. The van der Waals surface area contributed by atoms with Crippen molar-refractivity contribution < 1.29 is 19.1 Å². The fourth-order valence-electron chi connectivity index (χ4n) is 3.45. The van der Waals surface area contributed by atoms with Gasteiger partial charge in [-0.15, -0.1) is 22.7 Å². The van der Waals surface area contributed by atoms with Gasteiger partial charge in [0.25, 0.3) is 5.91 Å². The summed E-state index contributed by atoms with van der Waals surface area (Å²) in [5.74, 6) is 0.594. The Hall–Kier alpha value is -3.37. The summed E-state index contributed by atoms with van der Waals surface area (Å²) in [4.78, 5) is 31.0. The standard InChI is InChI=1S/C22H22N4O4S2/c1-11-12(2)32-21(19(11)20(23)28)25-18(27)7-13-10-31-22-24-16(9-26(13)22)15-8-14(29-3)5-6-17(15)30-4/h5-6,8-10H,7H2,1-4H3,(H2,23,28)(H,25,27). The minimum Gasteiger partial charge on any atom is -0.497 e. The lowest BCUT2D eigenvalue weighted by atomic mass is 10.1. The van der Waals surface area contributed by atoms with Gasteiger partial charge in [0.1, 0.15) is 16.5 Å². The normalized spacial score (nSPS) is 11.0.